The lowest BCUT2D eigenvalue weighted by Gasteiger charge is -2.30. The Bertz CT molecular complexity index is 597. The van der Waals surface area contributed by atoms with Crippen LogP contribution in [-0.4, -0.2) is 46.6 Å². The number of benzene rings is 1. The summed E-state index contributed by atoms with van der Waals surface area (Å²) in [7, 11) is 0. The molecule has 0 bridgehead atoms. The summed E-state index contributed by atoms with van der Waals surface area (Å²) in [6, 6.07) is 6.09. The number of hydrogen-bond acceptors (Lipinski definition) is 4. The predicted molar refractivity (Wildman–Crippen MR) is 82.1 cm³/mol. The van der Waals surface area contributed by atoms with E-state index < -0.39 is 10.9 Å². The monoisotopic (exact) mass is 321 g/mol. The molecule has 0 spiro atoms. The van der Waals surface area contributed by atoms with E-state index in [4.69, 9.17) is 5.11 Å². The molecule has 0 aromatic heterocycles. The largest absolute Gasteiger partial charge is 0.481 e. The second-order valence-corrected chi connectivity index (χ2v) is 5.51. The highest BCUT2D eigenvalue weighted by molar-refractivity contribution is 5.75. The van der Waals surface area contributed by atoms with E-state index in [1.165, 1.54) is 12.1 Å². The number of carbonyl (C=O) groups excluding carboxylic acids is 1. The van der Waals surface area contributed by atoms with E-state index in [1.807, 2.05) is 0 Å². The molecular weight excluding hydrogens is 302 g/mol. The standard InChI is InChI=1S/C15H19N3O5/c19-14(20)12-5-8-17(9-6-12)15(21)16-7-4-11-2-1-3-13(10-11)18(22)23/h1-3,10,12H,4-9H2,(H,16,21)(H,19,20). The summed E-state index contributed by atoms with van der Waals surface area (Å²) in [5, 5.41) is 22.4. The number of nitrogens with zero attached hydrogens (tertiary/aromatic N) is 2. The van der Waals surface area contributed by atoms with Crippen molar-refractivity contribution in [3.05, 3.63) is 39.9 Å². The van der Waals surface area contributed by atoms with Gasteiger partial charge in [0.15, 0.2) is 0 Å². The number of amides is 2. The Morgan fingerprint density at radius 1 is 1.35 bits per heavy atom. The first-order valence-electron chi connectivity index (χ1n) is 7.46. The SMILES string of the molecule is O=C(O)C1CCN(C(=O)NCCc2cccc([N+](=O)[O-])c2)CC1. The van der Waals surface area contributed by atoms with Crippen LogP contribution < -0.4 is 5.32 Å². The van der Waals surface area contributed by atoms with Crippen LogP contribution in [-0.2, 0) is 11.2 Å². The molecule has 2 rings (SSSR count). The van der Waals surface area contributed by atoms with E-state index in [0.29, 0.717) is 38.9 Å². The third-order valence-electron chi connectivity index (χ3n) is 3.94. The highest BCUT2D eigenvalue weighted by Crippen LogP contribution is 2.17. The van der Waals surface area contributed by atoms with Crippen molar-refractivity contribution in [3.8, 4) is 0 Å². The summed E-state index contributed by atoms with van der Waals surface area (Å²) < 4.78 is 0. The number of carbonyl (C=O) groups is 2. The topological polar surface area (TPSA) is 113 Å². The molecule has 0 unspecified atom stereocenters. The van der Waals surface area contributed by atoms with Crippen molar-refractivity contribution >= 4 is 17.7 Å². The molecule has 124 valence electrons. The van der Waals surface area contributed by atoms with Crippen LogP contribution in [0.1, 0.15) is 18.4 Å². The minimum Gasteiger partial charge on any atom is -0.481 e. The zero-order valence-corrected chi connectivity index (χ0v) is 12.6. The quantitative estimate of drug-likeness (QED) is 0.632. The molecule has 1 aromatic carbocycles. The van der Waals surface area contributed by atoms with Crippen LogP contribution in [0, 0.1) is 16.0 Å². The number of rotatable bonds is 5. The fourth-order valence-corrected chi connectivity index (χ4v) is 2.58. The number of urea groups is 1. The molecule has 1 fully saturated rings. The van der Waals surface area contributed by atoms with Gasteiger partial charge in [-0.05, 0) is 24.8 Å². The molecule has 1 aromatic rings. The molecule has 1 saturated heterocycles. The molecule has 0 radical (unpaired) electrons. The number of nitrogens with one attached hydrogen (secondary N) is 1. The van der Waals surface area contributed by atoms with Crippen LogP contribution in [0.5, 0.6) is 0 Å². The Balaban J connectivity index is 1.76. The smallest absolute Gasteiger partial charge is 0.317 e. The van der Waals surface area contributed by atoms with Crippen LogP contribution in [0.3, 0.4) is 0 Å². The van der Waals surface area contributed by atoms with Crippen molar-refractivity contribution in [1.82, 2.24) is 10.2 Å². The van der Waals surface area contributed by atoms with Gasteiger partial charge in [0, 0.05) is 31.8 Å². The minimum atomic E-state index is -0.810. The second kappa shape index (κ2) is 7.57. The number of hydrogen-bond donors (Lipinski definition) is 2. The molecular formula is C15H19N3O5. The number of nitro groups is 1. The van der Waals surface area contributed by atoms with E-state index in [1.54, 1.807) is 17.0 Å². The van der Waals surface area contributed by atoms with E-state index >= 15 is 0 Å². The molecule has 1 aliphatic rings. The van der Waals surface area contributed by atoms with Gasteiger partial charge in [0.2, 0.25) is 0 Å². The van der Waals surface area contributed by atoms with Crippen molar-refractivity contribution in [3.63, 3.8) is 0 Å². The summed E-state index contributed by atoms with van der Waals surface area (Å²) in [4.78, 5) is 34.7. The van der Waals surface area contributed by atoms with Crippen LogP contribution in [0.4, 0.5) is 10.5 Å². The summed E-state index contributed by atoms with van der Waals surface area (Å²) in [6.45, 7) is 1.23. The molecule has 0 aliphatic carbocycles. The number of aliphatic carboxylic acids is 1. The number of carboxylic acid groups (broad SMARTS) is 1. The molecule has 1 heterocycles. The van der Waals surface area contributed by atoms with Gasteiger partial charge in [-0.25, -0.2) is 4.79 Å². The van der Waals surface area contributed by atoms with Gasteiger partial charge >= 0.3 is 12.0 Å². The first kappa shape index (κ1) is 16.7. The van der Waals surface area contributed by atoms with Gasteiger partial charge in [0.25, 0.3) is 5.69 Å². The predicted octanol–water partition coefficient (Wildman–Crippen LogP) is 1.64. The van der Waals surface area contributed by atoms with Gasteiger partial charge in [-0.1, -0.05) is 12.1 Å². The maximum absolute atomic E-state index is 12.0. The average molecular weight is 321 g/mol. The molecule has 0 atom stereocenters. The third-order valence-corrected chi connectivity index (χ3v) is 3.94. The lowest BCUT2D eigenvalue weighted by molar-refractivity contribution is -0.384. The van der Waals surface area contributed by atoms with Crippen molar-refractivity contribution in [1.29, 1.82) is 0 Å². The first-order valence-corrected chi connectivity index (χ1v) is 7.46. The maximum Gasteiger partial charge on any atom is 0.317 e. The van der Waals surface area contributed by atoms with Crippen molar-refractivity contribution in [2.75, 3.05) is 19.6 Å². The van der Waals surface area contributed by atoms with Gasteiger partial charge in [0.05, 0.1) is 10.8 Å². The van der Waals surface area contributed by atoms with Crippen LogP contribution in [0.2, 0.25) is 0 Å². The lowest BCUT2D eigenvalue weighted by Crippen LogP contribution is -2.45. The fraction of sp³-hybridized carbons (Fsp3) is 0.467. The van der Waals surface area contributed by atoms with E-state index in [0.717, 1.165) is 5.56 Å². The van der Waals surface area contributed by atoms with Gasteiger partial charge in [0.1, 0.15) is 0 Å². The zero-order chi connectivity index (χ0) is 16.8. The molecule has 8 heteroatoms. The average Bonchev–Trinajstić information content (AvgIpc) is 2.55. The Kier molecular flexibility index (Phi) is 5.51. The maximum atomic E-state index is 12.0. The Labute approximate surface area is 133 Å². The van der Waals surface area contributed by atoms with E-state index in [-0.39, 0.29) is 17.6 Å². The van der Waals surface area contributed by atoms with E-state index in [2.05, 4.69) is 5.32 Å². The van der Waals surface area contributed by atoms with Gasteiger partial charge in [-0.2, -0.15) is 0 Å². The third kappa shape index (κ3) is 4.67. The van der Waals surface area contributed by atoms with Crippen LogP contribution in [0.25, 0.3) is 0 Å². The zero-order valence-electron chi connectivity index (χ0n) is 12.6. The molecule has 1 aliphatic heterocycles. The van der Waals surface area contributed by atoms with Gasteiger partial charge in [-0.3, -0.25) is 14.9 Å². The Hall–Kier alpha value is -2.64. The Morgan fingerprint density at radius 3 is 2.65 bits per heavy atom. The molecule has 2 N–H and O–H groups in total. The number of non-ortho nitro benzene ring substituents is 1. The Morgan fingerprint density at radius 2 is 2.04 bits per heavy atom. The molecule has 8 nitrogen and oxygen atoms in total. The highest BCUT2D eigenvalue weighted by Gasteiger charge is 2.26. The van der Waals surface area contributed by atoms with Crippen LogP contribution in [0.15, 0.2) is 24.3 Å². The summed E-state index contributed by atoms with van der Waals surface area (Å²) >= 11 is 0. The van der Waals surface area contributed by atoms with E-state index in [9.17, 15) is 19.7 Å². The summed E-state index contributed by atoms with van der Waals surface area (Å²) in [5.41, 5.74) is 0.814. The molecule has 0 saturated carbocycles. The number of likely N-dealkylation sites (tertiary alicyclic amines) is 1. The van der Waals surface area contributed by atoms with Gasteiger partial charge < -0.3 is 15.3 Å². The summed E-state index contributed by atoms with van der Waals surface area (Å²) in [5.74, 6) is -1.18. The molecule has 23 heavy (non-hydrogen) atoms. The van der Waals surface area contributed by atoms with Crippen LogP contribution >= 0.6 is 0 Å². The van der Waals surface area contributed by atoms with Crippen molar-refractivity contribution in [2.45, 2.75) is 19.3 Å². The van der Waals surface area contributed by atoms with Gasteiger partial charge in [-0.15, -0.1) is 0 Å². The number of carboxylic acids is 1. The second-order valence-electron chi connectivity index (χ2n) is 5.51. The fourth-order valence-electron chi connectivity index (χ4n) is 2.58. The number of nitro benzene ring substituents is 1. The highest BCUT2D eigenvalue weighted by atomic mass is 16.6. The molecule has 2 amide bonds. The van der Waals surface area contributed by atoms with Crippen molar-refractivity contribution in [2.24, 2.45) is 5.92 Å². The minimum absolute atomic E-state index is 0.0320. The number of piperidine rings is 1. The van der Waals surface area contributed by atoms with Crippen molar-refractivity contribution < 1.29 is 19.6 Å². The first-order chi connectivity index (χ1) is 11.0. The lowest BCUT2D eigenvalue weighted by atomic mass is 9.97. The normalized spacial score (nSPS) is 15.2. The summed E-state index contributed by atoms with van der Waals surface area (Å²) in [6.07, 6.45) is 1.43.